The first-order valence-corrected chi connectivity index (χ1v) is 4.07. The molecule has 0 unspecified atom stereocenters. The van der Waals surface area contributed by atoms with Gasteiger partial charge < -0.3 is 9.63 Å². The van der Waals surface area contributed by atoms with Crippen LogP contribution in [-0.4, -0.2) is 30.2 Å². The van der Waals surface area contributed by atoms with Crippen molar-refractivity contribution in [2.24, 2.45) is 0 Å². The molecule has 2 aromatic heterocycles. The average molecular weight is 195 g/mol. The zero-order chi connectivity index (χ0) is 9.97. The Labute approximate surface area is 79.4 Å². The van der Waals surface area contributed by atoms with E-state index in [0.29, 0.717) is 24.0 Å². The topological polar surface area (TPSA) is 89.9 Å². The minimum Gasteiger partial charge on any atom is -0.390 e. The first-order valence-electron chi connectivity index (χ1n) is 4.07. The highest BCUT2D eigenvalue weighted by molar-refractivity contribution is 4.92. The molecule has 0 aromatic carbocycles. The molecule has 0 atom stereocenters. The lowest BCUT2D eigenvalue weighted by Gasteiger charge is -1.91. The van der Waals surface area contributed by atoms with Gasteiger partial charge in [0, 0.05) is 6.92 Å². The van der Waals surface area contributed by atoms with Gasteiger partial charge in [0.25, 0.3) is 0 Å². The maximum atomic E-state index is 8.76. The SMILES string of the molecule is Cc1nc(Cn2cc(CO)nn2)no1. The van der Waals surface area contributed by atoms with Crippen LogP contribution in [0.15, 0.2) is 10.7 Å². The second-order valence-electron chi connectivity index (χ2n) is 2.80. The highest BCUT2D eigenvalue weighted by Gasteiger charge is 2.05. The standard InChI is InChI=1S/C7H9N5O2/c1-5-8-7(10-14-5)3-12-2-6(4-13)9-11-12/h2,13H,3-4H2,1H3. The molecule has 0 spiro atoms. The molecule has 7 nitrogen and oxygen atoms in total. The maximum Gasteiger partial charge on any atom is 0.223 e. The van der Waals surface area contributed by atoms with Crippen molar-refractivity contribution < 1.29 is 9.63 Å². The van der Waals surface area contributed by atoms with Gasteiger partial charge in [-0.05, 0) is 0 Å². The van der Waals surface area contributed by atoms with Crippen molar-refractivity contribution in [3.8, 4) is 0 Å². The summed E-state index contributed by atoms with van der Waals surface area (Å²) in [5, 5.41) is 20.0. The Morgan fingerprint density at radius 1 is 1.57 bits per heavy atom. The Balaban J connectivity index is 2.10. The van der Waals surface area contributed by atoms with Crippen LogP contribution in [0, 0.1) is 6.92 Å². The summed E-state index contributed by atoms with van der Waals surface area (Å²) in [7, 11) is 0. The summed E-state index contributed by atoms with van der Waals surface area (Å²) in [5.41, 5.74) is 0.519. The molecule has 0 aliphatic carbocycles. The fraction of sp³-hybridized carbons (Fsp3) is 0.429. The largest absolute Gasteiger partial charge is 0.390 e. The predicted molar refractivity (Wildman–Crippen MR) is 44.1 cm³/mol. The minimum absolute atomic E-state index is 0.120. The molecule has 0 saturated carbocycles. The second kappa shape index (κ2) is 3.54. The number of hydrogen-bond acceptors (Lipinski definition) is 6. The normalized spacial score (nSPS) is 10.7. The molecule has 0 aliphatic rings. The summed E-state index contributed by atoms with van der Waals surface area (Å²) in [6.07, 6.45) is 1.63. The summed E-state index contributed by atoms with van der Waals surface area (Å²) in [4.78, 5) is 4.01. The van der Waals surface area contributed by atoms with E-state index in [1.165, 1.54) is 4.68 Å². The van der Waals surface area contributed by atoms with Gasteiger partial charge >= 0.3 is 0 Å². The molecule has 2 aromatic rings. The van der Waals surface area contributed by atoms with Crippen LogP contribution in [0.4, 0.5) is 0 Å². The molecule has 0 fully saturated rings. The van der Waals surface area contributed by atoms with Gasteiger partial charge in [-0.1, -0.05) is 10.4 Å². The number of aromatic nitrogens is 5. The summed E-state index contributed by atoms with van der Waals surface area (Å²) in [6, 6.07) is 0. The lowest BCUT2D eigenvalue weighted by atomic mass is 10.5. The molecule has 0 saturated heterocycles. The van der Waals surface area contributed by atoms with Crippen molar-refractivity contribution in [2.75, 3.05) is 0 Å². The van der Waals surface area contributed by atoms with E-state index in [1.807, 2.05) is 0 Å². The summed E-state index contributed by atoms with van der Waals surface area (Å²) in [5.74, 6) is 1.05. The first kappa shape index (κ1) is 8.82. The molecule has 74 valence electrons. The van der Waals surface area contributed by atoms with E-state index in [-0.39, 0.29) is 6.61 Å². The third kappa shape index (κ3) is 1.77. The number of hydrogen-bond donors (Lipinski definition) is 1. The van der Waals surface area contributed by atoms with Crippen molar-refractivity contribution in [1.82, 2.24) is 25.1 Å². The Hall–Kier alpha value is -1.76. The summed E-state index contributed by atoms with van der Waals surface area (Å²) in [6.45, 7) is 1.99. The third-order valence-corrected chi connectivity index (χ3v) is 1.62. The Morgan fingerprint density at radius 2 is 2.43 bits per heavy atom. The number of nitrogens with zero attached hydrogens (tertiary/aromatic N) is 5. The van der Waals surface area contributed by atoms with Crippen molar-refractivity contribution >= 4 is 0 Å². The average Bonchev–Trinajstić information content (AvgIpc) is 2.76. The van der Waals surface area contributed by atoms with E-state index >= 15 is 0 Å². The van der Waals surface area contributed by atoms with Crippen LogP contribution in [0.2, 0.25) is 0 Å². The lowest BCUT2D eigenvalue weighted by Crippen LogP contribution is -2.02. The monoisotopic (exact) mass is 195 g/mol. The zero-order valence-electron chi connectivity index (χ0n) is 7.58. The summed E-state index contributed by atoms with van der Waals surface area (Å²) < 4.78 is 6.34. The summed E-state index contributed by atoms with van der Waals surface area (Å²) >= 11 is 0. The van der Waals surface area contributed by atoms with Gasteiger partial charge in [-0.3, -0.25) is 0 Å². The molecule has 14 heavy (non-hydrogen) atoms. The van der Waals surface area contributed by atoms with E-state index in [9.17, 15) is 0 Å². The van der Waals surface area contributed by atoms with Crippen molar-refractivity contribution in [3.05, 3.63) is 23.6 Å². The quantitative estimate of drug-likeness (QED) is 0.710. The zero-order valence-corrected chi connectivity index (χ0v) is 7.58. The molecule has 1 N–H and O–H groups in total. The van der Waals surface area contributed by atoms with Crippen LogP contribution >= 0.6 is 0 Å². The third-order valence-electron chi connectivity index (χ3n) is 1.62. The first-order chi connectivity index (χ1) is 6.78. The Bertz CT molecular complexity index is 421. The number of aliphatic hydroxyl groups excluding tert-OH is 1. The van der Waals surface area contributed by atoms with E-state index in [4.69, 9.17) is 9.63 Å². The fourth-order valence-corrected chi connectivity index (χ4v) is 1.04. The van der Waals surface area contributed by atoms with E-state index in [0.717, 1.165) is 0 Å². The Kier molecular flexibility index (Phi) is 2.23. The van der Waals surface area contributed by atoms with Gasteiger partial charge in [-0.2, -0.15) is 4.98 Å². The van der Waals surface area contributed by atoms with Crippen LogP contribution in [0.1, 0.15) is 17.4 Å². The Morgan fingerprint density at radius 3 is 3.00 bits per heavy atom. The number of aryl methyl sites for hydroxylation is 1. The van der Waals surface area contributed by atoms with Gasteiger partial charge in [0.05, 0.1) is 12.8 Å². The van der Waals surface area contributed by atoms with Gasteiger partial charge in [-0.25, -0.2) is 4.68 Å². The van der Waals surface area contributed by atoms with Crippen molar-refractivity contribution in [2.45, 2.75) is 20.1 Å². The van der Waals surface area contributed by atoms with E-state index in [1.54, 1.807) is 13.1 Å². The van der Waals surface area contributed by atoms with Crippen molar-refractivity contribution in [3.63, 3.8) is 0 Å². The van der Waals surface area contributed by atoms with Crippen LogP contribution < -0.4 is 0 Å². The van der Waals surface area contributed by atoms with Crippen LogP contribution in [0.3, 0.4) is 0 Å². The van der Waals surface area contributed by atoms with Gasteiger partial charge in [0.2, 0.25) is 5.89 Å². The lowest BCUT2D eigenvalue weighted by molar-refractivity contribution is 0.276. The molecule has 7 heteroatoms. The highest BCUT2D eigenvalue weighted by Crippen LogP contribution is 1.99. The van der Waals surface area contributed by atoms with Crippen LogP contribution in [0.25, 0.3) is 0 Å². The molecule has 0 aliphatic heterocycles. The molecule has 2 heterocycles. The van der Waals surface area contributed by atoms with Crippen LogP contribution in [-0.2, 0) is 13.2 Å². The van der Waals surface area contributed by atoms with Crippen molar-refractivity contribution in [1.29, 1.82) is 0 Å². The van der Waals surface area contributed by atoms with Gasteiger partial charge in [-0.15, -0.1) is 5.10 Å². The van der Waals surface area contributed by atoms with E-state index < -0.39 is 0 Å². The highest BCUT2D eigenvalue weighted by atomic mass is 16.5. The molecular weight excluding hydrogens is 186 g/mol. The fourth-order valence-electron chi connectivity index (χ4n) is 1.04. The van der Waals surface area contributed by atoms with Gasteiger partial charge in [0.15, 0.2) is 5.82 Å². The molecule has 0 amide bonds. The van der Waals surface area contributed by atoms with Gasteiger partial charge in [0.1, 0.15) is 12.2 Å². The molecule has 0 radical (unpaired) electrons. The number of rotatable bonds is 3. The second-order valence-corrected chi connectivity index (χ2v) is 2.80. The number of aliphatic hydroxyl groups is 1. The molecular formula is C7H9N5O2. The maximum absolute atomic E-state index is 8.76. The van der Waals surface area contributed by atoms with Crippen LogP contribution in [0.5, 0.6) is 0 Å². The minimum atomic E-state index is -0.120. The predicted octanol–water partition coefficient (Wildman–Crippen LogP) is -0.490. The molecule has 0 bridgehead atoms. The smallest absolute Gasteiger partial charge is 0.223 e. The van der Waals surface area contributed by atoms with E-state index in [2.05, 4.69) is 20.5 Å². The molecule has 2 rings (SSSR count).